The number of benzene rings is 1. The average molecular weight is 243 g/mol. The van der Waals surface area contributed by atoms with Gasteiger partial charge in [0.2, 0.25) is 0 Å². The van der Waals surface area contributed by atoms with Crippen LogP contribution in [0.5, 0.6) is 0 Å². The first-order valence-electron chi connectivity index (χ1n) is 4.62. The maximum atomic E-state index is 10.4. The number of non-ortho nitro benzene ring substituents is 1. The Morgan fingerprint density at radius 2 is 2.12 bits per heavy atom. The molecule has 0 fully saturated rings. The normalized spacial score (nSPS) is 12.9. The monoisotopic (exact) mass is 242 g/mol. The Labute approximate surface area is 97.5 Å². The lowest BCUT2D eigenvalue weighted by Crippen LogP contribution is -2.12. The van der Waals surface area contributed by atoms with Gasteiger partial charge in [0.1, 0.15) is 0 Å². The number of nitro groups is 1. The third-order valence-electron chi connectivity index (χ3n) is 1.84. The number of aliphatic imine (C=N–C) groups is 1. The van der Waals surface area contributed by atoms with Crippen LogP contribution in [-0.4, -0.2) is 34.8 Å². The predicted octanol–water partition coefficient (Wildman–Crippen LogP) is 1.61. The van der Waals surface area contributed by atoms with Gasteiger partial charge < -0.3 is 5.11 Å². The minimum atomic E-state index is -0.657. The second kappa shape index (κ2) is 6.19. The number of halogens is 1. The Hall–Kier alpha value is -1.46. The van der Waals surface area contributed by atoms with E-state index < -0.39 is 11.0 Å². The Bertz CT molecular complexity index is 378. The maximum absolute atomic E-state index is 10.4. The van der Waals surface area contributed by atoms with Gasteiger partial charge in [-0.05, 0) is 17.7 Å². The van der Waals surface area contributed by atoms with Crippen LogP contribution in [0.4, 0.5) is 5.69 Å². The maximum Gasteiger partial charge on any atom is 0.269 e. The van der Waals surface area contributed by atoms with E-state index in [0.717, 1.165) is 5.56 Å². The highest BCUT2D eigenvalue weighted by atomic mass is 35.5. The van der Waals surface area contributed by atoms with Gasteiger partial charge in [-0.3, -0.25) is 15.1 Å². The first-order chi connectivity index (χ1) is 7.63. The molecule has 5 nitrogen and oxygen atoms in total. The molecule has 0 amide bonds. The smallest absolute Gasteiger partial charge is 0.269 e. The van der Waals surface area contributed by atoms with Crippen LogP contribution in [-0.2, 0) is 0 Å². The van der Waals surface area contributed by atoms with Crippen molar-refractivity contribution in [3.63, 3.8) is 0 Å². The lowest BCUT2D eigenvalue weighted by atomic mass is 10.2. The lowest BCUT2D eigenvalue weighted by Gasteiger charge is -2.00. The van der Waals surface area contributed by atoms with Crippen LogP contribution in [0.25, 0.3) is 0 Å². The Kier molecular flexibility index (Phi) is 4.88. The quantitative estimate of drug-likeness (QED) is 0.369. The highest BCUT2D eigenvalue weighted by Gasteiger charge is 2.02. The molecule has 86 valence electrons. The van der Waals surface area contributed by atoms with Gasteiger partial charge in [-0.25, -0.2) is 0 Å². The molecule has 0 bridgehead atoms. The molecule has 1 atom stereocenters. The van der Waals surface area contributed by atoms with Crippen LogP contribution in [0.1, 0.15) is 5.56 Å². The van der Waals surface area contributed by atoms with E-state index in [1.165, 1.54) is 12.1 Å². The van der Waals surface area contributed by atoms with E-state index in [9.17, 15) is 10.1 Å². The van der Waals surface area contributed by atoms with Gasteiger partial charge in [-0.2, -0.15) is 0 Å². The molecule has 0 aromatic heterocycles. The fraction of sp³-hybridized carbons (Fsp3) is 0.300. The second-order valence-corrected chi connectivity index (χ2v) is 3.46. The fourth-order valence-corrected chi connectivity index (χ4v) is 1.11. The molecule has 1 N–H and O–H groups in total. The van der Waals surface area contributed by atoms with E-state index in [4.69, 9.17) is 16.7 Å². The summed E-state index contributed by atoms with van der Waals surface area (Å²) in [5.41, 5.74) is 0.783. The molecule has 6 heteroatoms. The van der Waals surface area contributed by atoms with Crippen LogP contribution in [0, 0.1) is 10.1 Å². The van der Waals surface area contributed by atoms with Crippen molar-refractivity contribution in [2.75, 3.05) is 12.4 Å². The predicted molar refractivity (Wildman–Crippen MR) is 62.3 cm³/mol. The molecule has 0 saturated heterocycles. The fourth-order valence-electron chi connectivity index (χ4n) is 1.01. The van der Waals surface area contributed by atoms with Crippen molar-refractivity contribution in [3.8, 4) is 0 Å². The Morgan fingerprint density at radius 3 is 2.62 bits per heavy atom. The van der Waals surface area contributed by atoms with Gasteiger partial charge in [0, 0.05) is 18.3 Å². The molecular weight excluding hydrogens is 232 g/mol. The molecule has 0 saturated carbocycles. The van der Waals surface area contributed by atoms with Gasteiger partial charge in [0.05, 0.1) is 23.5 Å². The summed E-state index contributed by atoms with van der Waals surface area (Å²) < 4.78 is 0. The van der Waals surface area contributed by atoms with Crippen LogP contribution in [0.15, 0.2) is 29.3 Å². The van der Waals surface area contributed by atoms with Gasteiger partial charge in [-0.1, -0.05) is 0 Å². The van der Waals surface area contributed by atoms with Crippen molar-refractivity contribution in [2.24, 2.45) is 4.99 Å². The minimum absolute atomic E-state index is 0.0398. The second-order valence-electron chi connectivity index (χ2n) is 3.15. The number of hydrogen-bond donors (Lipinski definition) is 1. The molecule has 16 heavy (non-hydrogen) atoms. The van der Waals surface area contributed by atoms with Gasteiger partial charge in [0.25, 0.3) is 5.69 Å². The molecule has 0 spiro atoms. The van der Waals surface area contributed by atoms with Crippen molar-refractivity contribution < 1.29 is 10.0 Å². The van der Waals surface area contributed by atoms with E-state index >= 15 is 0 Å². The number of aliphatic hydroxyl groups is 1. The minimum Gasteiger partial charge on any atom is -0.390 e. The van der Waals surface area contributed by atoms with E-state index in [0.29, 0.717) is 0 Å². The van der Waals surface area contributed by atoms with Crippen molar-refractivity contribution in [3.05, 3.63) is 39.9 Å². The summed E-state index contributed by atoms with van der Waals surface area (Å²) in [5.74, 6) is 0.137. The lowest BCUT2D eigenvalue weighted by molar-refractivity contribution is -0.384. The zero-order valence-corrected chi connectivity index (χ0v) is 9.17. The Morgan fingerprint density at radius 1 is 1.50 bits per heavy atom. The first kappa shape index (κ1) is 12.6. The summed E-state index contributed by atoms with van der Waals surface area (Å²) in [6.45, 7) is 0.223. The summed E-state index contributed by atoms with van der Waals surface area (Å²) in [7, 11) is 0. The van der Waals surface area contributed by atoms with E-state index in [1.54, 1.807) is 18.3 Å². The number of rotatable bonds is 5. The zero-order chi connectivity index (χ0) is 12.0. The highest BCUT2D eigenvalue weighted by molar-refractivity contribution is 6.18. The third-order valence-corrected chi connectivity index (χ3v) is 2.19. The van der Waals surface area contributed by atoms with Crippen LogP contribution in [0.2, 0.25) is 0 Å². The molecule has 0 heterocycles. The molecule has 0 unspecified atom stereocenters. The van der Waals surface area contributed by atoms with Gasteiger partial charge in [0.15, 0.2) is 0 Å². The number of hydrogen-bond acceptors (Lipinski definition) is 4. The summed E-state index contributed by atoms with van der Waals surface area (Å²) in [5, 5.41) is 19.5. The van der Waals surface area contributed by atoms with E-state index in [1.807, 2.05) is 0 Å². The van der Waals surface area contributed by atoms with Crippen molar-refractivity contribution >= 4 is 23.5 Å². The van der Waals surface area contributed by atoms with Gasteiger partial charge >= 0.3 is 0 Å². The van der Waals surface area contributed by atoms with Crippen LogP contribution < -0.4 is 0 Å². The topological polar surface area (TPSA) is 75.7 Å². The summed E-state index contributed by atoms with van der Waals surface area (Å²) in [6, 6.07) is 5.99. The standard InChI is InChI=1S/C10H11ClN2O3/c11-5-10(14)7-12-6-8-1-3-9(4-2-8)13(15)16/h1-4,6,10,14H,5,7H2/b12-6+/t10-/m1/s1. The van der Waals surface area contributed by atoms with Crippen molar-refractivity contribution in [1.29, 1.82) is 0 Å². The van der Waals surface area contributed by atoms with Gasteiger partial charge in [-0.15, -0.1) is 11.6 Å². The van der Waals surface area contributed by atoms with Crippen LogP contribution in [0.3, 0.4) is 0 Å². The van der Waals surface area contributed by atoms with E-state index in [2.05, 4.69) is 4.99 Å². The van der Waals surface area contributed by atoms with Crippen molar-refractivity contribution in [1.82, 2.24) is 0 Å². The molecular formula is C10H11ClN2O3. The number of alkyl halides is 1. The molecule has 1 aromatic carbocycles. The van der Waals surface area contributed by atoms with Crippen molar-refractivity contribution in [2.45, 2.75) is 6.10 Å². The number of nitro benzene ring substituents is 1. The third kappa shape index (κ3) is 3.96. The highest BCUT2D eigenvalue weighted by Crippen LogP contribution is 2.10. The summed E-state index contributed by atoms with van der Waals surface area (Å²) >= 11 is 5.39. The summed E-state index contributed by atoms with van der Waals surface area (Å²) in [6.07, 6.45) is 0.885. The molecule has 0 aliphatic rings. The SMILES string of the molecule is O=[N+]([O-])c1ccc(/C=N/C[C@H](O)CCl)cc1. The summed E-state index contributed by atoms with van der Waals surface area (Å²) in [4.78, 5) is 13.9. The molecule has 1 rings (SSSR count). The molecule has 0 aliphatic carbocycles. The molecule has 0 aliphatic heterocycles. The largest absolute Gasteiger partial charge is 0.390 e. The number of aliphatic hydroxyl groups excluding tert-OH is 1. The van der Waals surface area contributed by atoms with Crippen LogP contribution >= 0.6 is 11.6 Å². The number of nitrogens with zero attached hydrogens (tertiary/aromatic N) is 2. The average Bonchev–Trinajstić information content (AvgIpc) is 2.29. The zero-order valence-electron chi connectivity index (χ0n) is 8.41. The molecule has 1 aromatic rings. The first-order valence-corrected chi connectivity index (χ1v) is 5.15. The Balaban J connectivity index is 2.58. The van der Waals surface area contributed by atoms with E-state index in [-0.39, 0.29) is 18.1 Å². The molecule has 0 radical (unpaired) electrons.